The van der Waals surface area contributed by atoms with Crippen molar-refractivity contribution in [1.29, 1.82) is 0 Å². The third-order valence-corrected chi connectivity index (χ3v) is 5.38. The van der Waals surface area contributed by atoms with Gasteiger partial charge in [0.05, 0.1) is 5.69 Å². The van der Waals surface area contributed by atoms with Crippen molar-refractivity contribution in [1.82, 2.24) is 24.5 Å². The van der Waals surface area contributed by atoms with Gasteiger partial charge in [0, 0.05) is 29.7 Å². The minimum absolute atomic E-state index is 0.445. The second-order valence-electron chi connectivity index (χ2n) is 6.95. The van der Waals surface area contributed by atoms with Gasteiger partial charge in [-0.3, -0.25) is 4.90 Å². The Kier molecular flexibility index (Phi) is 4.44. The molecule has 1 aliphatic rings. The highest BCUT2D eigenvalue weighted by atomic mass is 35.5. The SMILES string of the molecule is Cc1cc(C2CCCN(Cc3ccc(C)c(Cl)c3)C2)n2ncnc2n1. The van der Waals surface area contributed by atoms with Crippen molar-refractivity contribution in [2.24, 2.45) is 0 Å². The fraction of sp³-hybridized carbons (Fsp3) is 0.421. The minimum atomic E-state index is 0.445. The third kappa shape index (κ3) is 3.39. The first-order chi connectivity index (χ1) is 12.1. The Balaban J connectivity index is 1.56. The molecule has 1 atom stereocenters. The summed E-state index contributed by atoms with van der Waals surface area (Å²) in [4.78, 5) is 11.2. The quantitative estimate of drug-likeness (QED) is 0.717. The molecule has 0 bridgehead atoms. The summed E-state index contributed by atoms with van der Waals surface area (Å²) in [6.07, 6.45) is 3.94. The number of rotatable bonds is 3. The van der Waals surface area contributed by atoms with Crippen LogP contribution in [0.15, 0.2) is 30.6 Å². The van der Waals surface area contributed by atoms with Gasteiger partial charge in [-0.15, -0.1) is 0 Å². The molecule has 2 aromatic heterocycles. The molecule has 0 amide bonds. The van der Waals surface area contributed by atoms with E-state index in [0.29, 0.717) is 11.7 Å². The number of nitrogens with zero attached hydrogens (tertiary/aromatic N) is 5. The van der Waals surface area contributed by atoms with E-state index in [0.717, 1.165) is 35.9 Å². The number of likely N-dealkylation sites (tertiary alicyclic amines) is 1. The summed E-state index contributed by atoms with van der Waals surface area (Å²) < 4.78 is 1.89. The lowest BCUT2D eigenvalue weighted by atomic mass is 9.93. The maximum absolute atomic E-state index is 6.28. The largest absolute Gasteiger partial charge is 0.298 e. The van der Waals surface area contributed by atoms with E-state index in [4.69, 9.17) is 11.6 Å². The number of fused-ring (bicyclic) bond motifs is 1. The molecule has 6 heteroatoms. The monoisotopic (exact) mass is 355 g/mol. The molecular formula is C19H22ClN5. The molecule has 0 radical (unpaired) electrons. The van der Waals surface area contributed by atoms with Crippen LogP contribution in [0.3, 0.4) is 0 Å². The van der Waals surface area contributed by atoms with Crippen molar-refractivity contribution in [2.45, 2.75) is 39.2 Å². The highest BCUT2D eigenvalue weighted by Gasteiger charge is 2.24. The average molecular weight is 356 g/mol. The van der Waals surface area contributed by atoms with Crippen molar-refractivity contribution in [3.8, 4) is 0 Å². The van der Waals surface area contributed by atoms with Crippen LogP contribution in [0.25, 0.3) is 5.78 Å². The fourth-order valence-corrected chi connectivity index (χ4v) is 3.89. The van der Waals surface area contributed by atoms with E-state index in [2.05, 4.69) is 44.2 Å². The normalized spacial score (nSPS) is 18.8. The summed E-state index contributed by atoms with van der Waals surface area (Å²) >= 11 is 6.28. The van der Waals surface area contributed by atoms with Gasteiger partial charge in [0.2, 0.25) is 0 Å². The van der Waals surface area contributed by atoms with Crippen molar-refractivity contribution in [3.63, 3.8) is 0 Å². The van der Waals surface area contributed by atoms with Crippen LogP contribution < -0.4 is 0 Å². The third-order valence-electron chi connectivity index (χ3n) is 4.97. The summed E-state index contributed by atoms with van der Waals surface area (Å²) in [6, 6.07) is 8.52. The van der Waals surface area contributed by atoms with Gasteiger partial charge in [-0.1, -0.05) is 23.7 Å². The van der Waals surface area contributed by atoms with Crippen molar-refractivity contribution < 1.29 is 0 Å². The van der Waals surface area contributed by atoms with Crippen LogP contribution in [-0.2, 0) is 6.54 Å². The predicted octanol–water partition coefficient (Wildman–Crippen LogP) is 3.77. The zero-order valence-corrected chi connectivity index (χ0v) is 15.4. The Morgan fingerprint density at radius 1 is 1.24 bits per heavy atom. The standard InChI is InChI=1S/C19H22ClN5/c1-13-5-6-15(9-17(13)20)10-24-7-3-4-16(11-24)18-8-14(2)23-19-21-12-22-25(18)19/h5-6,8-9,12,16H,3-4,7,10-11H2,1-2H3. The molecule has 1 saturated heterocycles. The molecule has 0 N–H and O–H groups in total. The Labute approximate surface area is 152 Å². The second kappa shape index (κ2) is 6.73. The lowest BCUT2D eigenvalue weighted by Gasteiger charge is -2.33. The zero-order valence-electron chi connectivity index (χ0n) is 14.6. The van der Waals surface area contributed by atoms with Crippen LogP contribution in [0.5, 0.6) is 0 Å². The van der Waals surface area contributed by atoms with Gasteiger partial charge in [0.25, 0.3) is 5.78 Å². The Hall–Kier alpha value is -1.98. The molecule has 5 nitrogen and oxygen atoms in total. The van der Waals surface area contributed by atoms with Crippen molar-refractivity contribution in [3.05, 3.63) is 58.1 Å². The summed E-state index contributed by atoms with van der Waals surface area (Å²) in [6.45, 7) is 7.13. The highest BCUT2D eigenvalue weighted by Crippen LogP contribution is 2.28. The molecule has 4 rings (SSSR count). The molecule has 3 aromatic rings. The van der Waals surface area contributed by atoms with Gasteiger partial charge in [0.1, 0.15) is 6.33 Å². The van der Waals surface area contributed by atoms with E-state index >= 15 is 0 Å². The van der Waals surface area contributed by atoms with Gasteiger partial charge in [-0.2, -0.15) is 10.1 Å². The Morgan fingerprint density at radius 2 is 2.12 bits per heavy atom. The summed E-state index contributed by atoms with van der Waals surface area (Å²) in [5, 5.41) is 5.22. The molecule has 1 fully saturated rings. The number of benzene rings is 1. The lowest BCUT2D eigenvalue weighted by molar-refractivity contribution is 0.197. The van der Waals surface area contributed by atoms with E-state index in [-0.39, 0.29) is 0 Å². The molecular weight excluding hydrogens is 334 g/mol. The minimum Gasteiger partial charge on any atom is -0.298 e. The van der Waals surface area contributed by atoms with Gasteiger partial charge < -0.3 is 0 Å². The van der Waals surface area contributed by atoms with E-state index in [1.807, 2.05) is 18.4 Å². The van der Waals surface area contributed by atoms with Crippen LogP contribution in [0.1, 0.15) is 41.3 Å². The van der Waals surface area contributed by atoms with E-state index in [9.17, 15) is 0 Å². The van der Waals surface area contributed by atoms with Crippen molar-refractivity contribution in [2.75, 3.05) is 13.1 Å². The lowest BCUT2D eigenvalue weighted by Crippen LogP contribution is -2.34. The summed E-state index contributed by atoms with van der Waals surface area (Å²) in [7, 11) is 0. The average Bonchev–Trinajstić information content (AvgIpc) is 3.06. The maximum atomic E-state index is 6.28. The van der Waals surface area contributed by atoms with Gasteiger partial charge >= 0.3 is 0 Å². The van der Waals surface area contributed by atoms with Crippen molar-refractivity contribution >= 4 is 17.4 Å². The molecule has 0 spiro atoms. The number of hydrogen-bond acceptors (Lipinski definition) is 4. The number of aromatic nitrogens is 4. The molecule has 1 aliphatic heterocycles. The number of piperidine rings is 1. The fourth-order valence-electron chi connectivity index (χ4n) is 3.68. The predicted molar refractivity (Wildman–Crippen MR) is 99.0 cm³/mol. The van der Waals surface area contributed by atoms with E-state index < -0.39 is 0 Å². The molecule has 130 valence electrons. The van der Waals surface area contributed by atoms with E-state index in [1.165, 1.54) is 24.1 Å². The van der Waals surface area contributed by atoms with E-state index in [1.54, 1.807) is 6.33 Å². The number of hydrogen-bond donors (Lipinski definition) is 0. The summed E-state index contributed by atoms with van der Waals surface area (Å²) in [5.41, 5.74) is 4.61. The van der Waals surface area contributed by atoms with Gasteiger partial charge in [-0.05, 0) is 56.5 Å². The molecule has 0 saturated carbocycles. The Bertz CT molecular complexity index is 904. The molecule has 1 aromatic carbocycles. The molecule has 3 heterocycles. The number of aryl methyl sites for hydroxylation is 2. The first kappa shape index (κ1) is 16.5. The highest BCUT2D eigenvalue weighted by molar-refractivity contribution is 6.31. The van der Waals surface area contributed by atoms with Crippen LogP contribution >= 0.6 is 11.6 Å². The first-order valence-electron chi connectivity index (χ1n) is 8.75. The van der Waals surface area contributed by atoms with Crippen LogP contribution in [0.2, 0.25) is 5.02 Å². The number of halogens is 1. The van der Waals surface area contributed by atoms with Crippen LogP contribution in [0.4, 0.5) is 0 Å². The molecule has 1 unspecified atom stereocenters. The second-order valence-corrected chi connectivity index (χ2v) is 7.36. The maximum Gasteiger partial charge on any atom is 0.252 e. The first-order valence-corrected chi connectivity index (χ1v) is 9.12. The molecule has 25 heavy (non-hydrogen) atoms. The smallest absolute Gasteiger partial charge is 0.252 e. The van der Waals surface area contributed by atoms with Gasteiger partial charge in [0.15, 0.2) is 0 Å². The molecule has 0 aliphatic carbocycles. The van der Waals surface area contributed by atoms with Gasteiger partial charge in [-0.25, -0.2) is 9.50 Å². The summed E-state index contributed by atoms with van der Waals surface area (Å²) in [5.74, 6) is 1.14. The Morgan fingerprint density at radius 3 is 2.96 bits per heavy atom. The van der Waals surface area contributed by atoms with Crippen LogP contribution in [0, 0.1) is 13.8 Å². The zero-order chi connectivity index (χ0) is 17.4. The van der Waals surface area contributed by atoms with Crippen LogP contribution in [-0.4, -0.2) is 37.6 Å². The topological polar surface area (TPSA) is 46.3 Å².